The van der Waals surface area contributed by atoms with E-state index in [1.807, 2.05) is 0 Å². The van der Waals surface area contributed by atoms with E-state index in [1.165, 1.54) is 31.7 Å². The molecule has 0 bridgehead atoms. The molecule has 0 saturated carbocycles. The van der Waals surface area contributed by atoms with Gasteiger partial charge in [-0.2, -0.15) is 0 Å². The molecule has 13 heavy (non-hydrogen) atoms. The van der Waals surface area contributed by atoms with E-state index in [0.717, 1.165) is 6.61 Å². The Labute approximate surface area is 85.4 Å². The second-order valence-corrected chi connectivity index (χ2v) is 17.1. The van der Waals surface area contributed by atoms with Crippen LogP contribution in [0.2, 0.25) is 25.2 Å². The highest BCUT2D eigenvalue weighted by molar-refractivity contribution is 7.29. The molecule has 3 heteroatoms. The molecule has 1 fully saturated rings. The molecular weight excluding hydrogens is 192 g/mol. The van der Waals surface area contributed by atoms with E-state index >= 15 is 0 Å². The molecule has 1 aliphatic rings. The van der Waals surface area contributed by atoms with Crippen molar-refractivity contribution in [3.05, 3.63) is 0 Å². The van der Waals surface area contributed by atoms with Gasteiger partial charge in [0.25, 0.3) is 0 Å². The van der Waals surface area contributed by atoms with Crippen LogP contribution in [-0.2, 0) is 4.43 Å². The van der Waals surface area contributed by atoms with Crippen LogP contribution in [0.25, 0.3) is 0 Å². The van der Waals surface area contributed by atoms with E-state index in [0.29, 0.717) is 0 Å². The van der Waals surface area contributed by atoms with Crippen LogP contribution in [0.3, 0.4) is 0 Å². The summed E-state index contributed by atoms with van der Waals surface area (Å²) in [5, 5.41) is 0. The number of hydrogen-bond acceptors (Lipinski definition) is 1. The lowest BCUT2D eigenvalue weighted by molar-refractivity contribution is 0.310. The number of rotatable bonds is 3. The predicted molar refractivity (Wildman–Crippen MR) is 64.3 cm³/mol. The predicted octanol–water partition coefficient (Wildman–Crippen LogP) is 3.11. The van der Waals surface area contributed by atoms with Crippen molar-refractivity contribution in [1.82, 2.24) is 0 Å². The molecule has 0 spiro atoms. The van der Waals surface area contributed by atoms with Gasteiger partial charge in [0.2, 0.25) is 0 Å². The van der Waals surface area contributed by atoms with E-state index in [2.05, 4.69) is 20.0 Å². The Morgan fingerprint density at radius 2 is 2.15 bits per heavy atom. The summed E-state index contributed by atoms with van der Waals surface area (Å²) < 4.78 is 6.21. The van der Waals surface area contributed by atoms with Crippen LogP contribution >= 0.6 is 0 Å². The van der Waals surface area contributed by atoms with Gasteiger partial charge < -0.3 is 4.43 Å². The molecule has 0 aromatic rings. The van der Waals surface area contributed by atoms with Gasteiger partial charge in [0, 0.05) is 6.61 Å². The van der Waals surface area contributed by atoms with Crippen molar-refractivity contribution in [1.29, 1.82) is 0 Å². The summed E-state index contributed by atoms with van der Waals surface area (Å²) in [5.41, 5.74) is 0. The van der Waals surface area contributed by atoms with Gasteiger partial charge in [-0.1, -0.05) is 38.8 Å². The molecule has 1 heterocycles. The van der Waals surface area contributed by atoms with Crippen LogP contribution in [0.15, 0.2) is 0 Å². The standard InChI is InChI=1S/C10H24OSi2/c1-4-5-10-13(3)11-8-6-7-9-12(13)2/h12H,4-10H2,1-3H3. The first-order valence-electron chi connectivity index (χ1n) is 5.83. The topological polar surface area (TPSA) is 9.23 Å². The smallest absolute Gasteiger partial charge is 0.173 e. The van der Waals surface area contributed by atoms with Crippen molar-refractivity contribution < 1.29 is 4.43 Å². The maximum Gasteiger partial charge on any atom is 0.173 e. The van der Waals surface area contributed by atoms with Gasteiger partial charge in [-0.15, -0.1) is 0 Å². The summed E-state index contributed by atoms with van der Waals surface area (Å²) in [6.07, 6.45) is 5.52. The van der Waals surface area contributed by atoms with Crippen LogP contribution in [-0.4, -0.2) is 22.8 Å². The average molecular weight is 216 g/mol. The van der Waals surface area contributed by atoms with Gasteiger partial charge in [-0.3, -0.25) is 0 Å². The van der Waals surface area contributed by atoms with Crippen LogP contribution < -0.4 is 0 Å². The van der Waals surface area contributed by atoms with Crippen LogP contribution in [0.4, 0.5) is 0 Å². The van der Waals surface area contributed by atoms with Crippen molar-refractivity contribution in [2.45, 2.75) is 57.8 Å². The Kier molecular flexibility index (Phi) is 4.69. The first-order chi connectivity index (χ1) is 6.19. The minimum absolute atomic E-state index is 0.485. The fraction of sp³-hybridized carbons (Fsp3) is 1.00. The zero-order valence-electron chi connectivity index (χ0n) is 9.44. The lowest BCUT2D eigenvalue weighted by atomic mass is 10.4. The van der Waals surface area contributed by atoms with Gasteiger partial charge in [0.05, 0.1) is 8.31 Å². The van der Waals surface area contributed by atoms with Gasteiger partial charge in [-0.25, -0.2) is 0 Å². The van der Waals surface area contributed by atoms with Gasteiger partial charge in [-0.05, 0) is 19.0 Å². The molecule has 1 nitrogen and oxygen atoms in total. The Morgan fingerprint density at radius 1 is 1.38 bits per heavy atom. The second-order valence-electron chi connectivity index (χ2n) is 4.66. The van der Waals surface area contributed by atoms with Gasteiger partial charge in [0.1, 0.15) is 0 Å². The molecule has 0 aromatic carbocycles. The summed E-state index contributed by atoms with van der Waals surface area (Å²) >= 11 is 0. The summed E-state index contributed by atoms with van der Waals surface area (Å²) in [7, 11) is -1.66. The van der Waals surface area contributed by atoms with Crippen molar-refractivity contribution in [3.63, 3.8) is 0 Å². The molecule has 0 amide bonds. The SMILES string of the molecule is CCCC[Si]1(C)OCCCC[SiH]1C. The lowest BCUT2D eigenvalue weighted by Gasteiger charge is -2.30. The summed E-state index contributed by atoms with van der Waals surface area (Å²) in [4.78, 5) is 0. The van der Waals surface area contributed by atoms with Gasteiger partial charge >= 0.3 is 0 Å². The molecule has 2 unspecified atom stereocenters. The molecule has 0 N–H and O–H groups in total. The minimum atomic E-state index is -1.17. The summed E-state index contributed by atoms with van der Waals surface area (Å²) in [6.45, 7) is 8.42. The van der Waals surface area contributed by atoms with E-state index < -0.39 is 16.1 Å². The first kappa shape index (κ1) is 11.5. The highest BCUT2D eigenvalue weighted by Gasteiger charge is 2.36. The van der Waals surface area contributed by atoms with Crippen molar-refractivity contribution in [2.75, 3.05) is 6.61 Å². The normalized spacial score (nSPS) is 35.8. The molecule has 0 radical (unpaired) electrons. The Balaban J connectivity index is 2.49. The van der Waals surface area contributed by atoms with E-state index in [9.17, 15) is 0 Å². The average Bonchev–Trinajstić information content (AvgIpc) is 2.28. The lowest BCUT2D eigenvalue weighted by Crippen LogP contribution is -2.48. The van der Waals surface area contributed by atoms with Crippen molar-refractivity contribution in [2.24, 2.45) is 0 Å². The van der Waals surface area contributed by atoms with Gasteiger partial charge in [0.15, 0.2) is 7.83 Å². The molecule has 0 aliphatic carbocycles. The second kappa shape index (κ2) is 5.32. The van der Waals surface area contributed by atoms with E-state index in [4.69, 9.17) is 4.43 Å². The van der Waals surface area contributed by atoms with E-state index in [-0.39, 0.29) is 0 Å². The molecule has 1 aliphatic heterocycles. The maximum atomic E-state index is 6.21. The third kappa shape index (κ3) is 3.22. The Morgan fingerprint density at radius 3 is 2.85 bits per heavy atom. The highest BCUT2D eigenvalue weighted by atomic mass is 29.2. The fourth-order valence-electron chi connectivity index (χ4n) is 2.15. The molecule has 0 aromatic heterocycles. The Bertz CT molecular complexity index is 152. The monoisotopic (exact) mass is 216 g/mol. The van der Waals surface area contributed by atoms with Crippen LogP contribution in [0.5, 0.6) is 0 Å². The maximum absolute atomic E-state index is 6.21. The third-order valence-corrected chi connectivity index (χ3v) is 17.6. The molecular formula is C10H24OSi2. The fourth-order valence-corrected chi connectivity index (χ4v) is 12.0. The first-order valence-corrected chi connectivity index (χ1v) is 12.2. The van der Waals surface area contributed by atoms with E-state index in [1.54, 1.807) is 6.04 Å². The molecule has 2 atom stereocenters. The van der Waals surface area contributed by atoms with Crippen molar-refractivity contribution in [3.8, 4) is 0 Å². The van der Waals surface area contributed by atoms with Crippen molar-refractivity contribution >= 4 is 16.1 Å². The summed E-state index contributed by atoms with van der Waals surface area (Å²) in [5.74, 6) is 0. The molecule has 1 saturated heterocycles. The third-order valence-electron chi connectivity index (χ3n) is 3.53. The number of hydrogen-bond donors (Lipinski definition) is 0. The van der Waals surface area contributed by atoms with Crippen LogP contribution in [0.1, 0.15) is 32.6 Å². The largest absolute Gasteiger partial charge is 0.420 e. The minimum Gasteiger partial charge on any atom is -0.420 e. The molecule has 1 rings (SSSR count). The molecule has 78 valence electrons. The Hall–Kier alpha value is 0.394. The quantitative estimate of drug-likeness (QED) is 0.659. The van der Waals surface area contributed by atoms with Crippen LogP contribution in [0, 0.1) is 0 Å². The summed E-state index contributed by atoms with van der Waals surface area (Å²) in [6, 6.07) is 2.99. The zero-order valence-corrected chi connectivity index (χ0v) is 11.6. The zero-order chi connectivity index (χ0) is 9.73. The number of unbranched alkanes of at least 4 members (excludes halogenated alkanes) is 1. The highest BCUT2D eigenvalue weighted by Crippen LogP contribution is 2.25.